The highest BCUT2D eigenvalue weighted by Crippen LogP contribution is 2.40. The number of benzene rings is 1. The van der Waals surface area contributed by atoms with Gasteiger partial charge in [-0.1, -0.05) is 29.8 Å². The Balaban J connectivity index is 2.34. The third-order valence-corrected chi connectivity index (χ3v) is 3.58. The molecule has 21 heavy (non-hydrogen) atoms. The van der Waals surface area contributed by atoms with Gasteiger partial charge >= 0.3 is 0 Å². The van der Waals surface area contributed by atoms with Crippen LogP contribution >= 0.6 is 11.6 Å². The van der Waals surface area contributed by atoms with E-state index in [2.05, 4.69) is 9.97 Å². The Morgan fingerprint density at radius 1 is 1.43 bits per heavy atom. The van der Waals surface area contributed by atoms with Gasteiger partial charge in [0.05, 0.1) is 17.8 Å². The molecule has 1 aromatic heterocycles. The zero-order valence-corrected chi connectivity index (χ0v) is 11.4. The van der Waals surface area contributed by atoms with Crippen molar-refractivity contribution in [3.8, 4) is 11.9 Å². The van der Waals surface area contributed by atoms with Gasteiger partial charge in [-0.25, -0.2) is 4.98 Å². The summed E-state index contributed by atoms with van der Waals surface area (Å²) in [4.78, 5) is 18.6. The molecule has 0 fully saturated rings. The number of aromatic amines is 1. The number of hydrogen-bond donors (Lipinski definition) is 2. The molecule has 3 N–H and O–H groups in total. The fraction of sp³-hybridized carbons (Fsp3) is 0.0714. The van der Waals surface area contributed by atoms with Crippen molar-refractivity contribution in [2.24, 2.45) is 5.73 Å². The van der Waals surface area contributed by atoms with Crippen LogP contribution in [0.5, 0.6) is 5.88 Å². The topological polar surface area (TPSA) is 105 Å². The van der Waals surface area contributed by atoms with E-state index in [1.54, 1.807) is 24.3 Å². The van der Waals surface area contributed by atoms with Gasteiger partial charge in [-0.3, -0.25) is 4.79 Å². The smallest absolute Gasteiger partial charge is 0.258 e. The second-order valence-electron chi connectivity index (χ2n) is 4.40. The SMILES string of the molecule is N#CC1=C(N)Oc2nc[nH]c(=O)c2[C@@H]1c1ccccc1Cl. The Hall–Kier alpha value is -2.78. The quantitative estimate of drug-likeness (QED) is 0.833. The van der Waals surface area contributed by atoms with Crippen molar-refractivity contribution in [1.29, 1.82) is 5.26 Å². The summed E-state index contributed by atoms with van der Waals surface area (Å²) in [6.07, 6.45) is 1.22. The van der Waals surface area contributed by atoms with Crippen LogP contribution in [0.2, 0.25) is 5.02 Å². The maximum absolute atomic E-state index is 12.1. The molecule has 0 unspecified atom stereocenters. The predicted octanol–water partition coefficient (Wildman–Crippen LogP) is 1.64. The minimum absolute atomic E-state index is 0.0759. The molecule has 1 aliphatic heterocycles. The first-order valence-corrected chi connectivity index (χ1v) is 6.41. The molecule has 0 aliphatic carbocycles. The summed E-state index contributed by atoms with van der Waals surface area (Å²) < 4.78 is 5.27. The largest absolute Gasteiger partial charge is 0.422 e. The van der Waals surface area contributed by atoms with Crippen molar-refractivity contribution in [2.75, 3.05) is 0 Å². The first-order valence-electron chi connectivity index (χ1n) is 6.03. The lowest BCUT2D eigenvalue weighted by molar-refractivity contribution is 0.375. The van der Waals surface area contributed by atoms with E-state index in [-0.39, 0.29) is 22.9 Å². The standard InChI is InChI=1S/C14H9ClN4O2/c15-9-4-2-1-3-7(9)10-8(5-16)12(17)21-14-11(10)13(20)18-6-19-14/h1-4,6,10H,17H2,(H,18,19,20)/t10-/m1/s1. The lowest BCUT2D eigenvalue weighted by atomic mass is 9.85. The summed E-state index contributed by atoms with van der Waals surface area (Å²) in [6, 6.07) is 8.94. The minimum atomic E-state index is -0.704. The van der Waals surface area contributed by atoms with Gasteiger partial charge in [0, 0.05) is 5.02 Å². The van der Waals surface area contributed by atoms with Crippen molar-refractivity contribution >= 4 is 11.6 Å². The molecule has 0 radical (unpaired) electrons. The highest BCUT2D eigenvalue weighted by atomic mass is 35.5. The van der Waals surface area contributed by atoms with Gasteiger partial charge in [0.2, 0.25) is 11.8 Å². The normalized spacial score (nSPS) is 16.9. The van der Waals surface area contributed by atoms with E-state index in [1.165, 1.54) is 6.33 Å². The Morgan fingerprint density at radius 2 is 2.19 bits per heavy atom. The second kappa shape index (κ2) is 4.96. The van der Waals surface area contributed by atoms with Gasteiger partial charge in [0.1, 0.15) is 11.6 Å². The fourth-order valence-electron chi connectivity index (χ4n) is 2.32. The number of H-pyrrole nitrogens is 1. The predicted molar refractivity (Wildman–Crippen MR) is 75.6 cm³/mol. The number of nitrogens with zero attached hydrogens (tertiary/aromatic N) is 2. The summed E-state index contributed by atoms with van der Waals surface area (Å²) in [5, 5.41) is 9.79. The molecule has 1 aliphatic rings. The molecule has 7 heteroatoms. The van der Waals surface area contributed by atoms with Crippen LogP contribution < -0.4 is 16.0 Å². The fourth-order valence-corrected chi connectivity index (χ4v) is 2.56. The van der Waals surface area contributed by atoms with E-state index in [0.717, 1.165) is 0 Å². The molecule has 1 aromatic carbocycles. The summed E-state index contributed by atoms with van der Waals surface area (Å²) in [5.74, 6) is -0.696. The van der Waals surface area contributed by atoms with Crippen LogP contribution in [0.25, 0.3) is 0 Å². The van der Waals surface area contributed by atoms with Gasteiger partial charge in [-0.05, 0) is 11.6 Å². The number of fused-ring (bicyclic) bond motifs is 1. The third kappa shape index (κ3) is 2.04. The molecule has 0 saturated carbocycles. The molecule has 2 aromatic rings. The Kier molecular flexibility index (Phi) is 3.12. The van der Waals surface area contributed by atoms with Crippen molar-refractivity contribution in [3.63, 3.8) is 0 Å². The summed E-state index contributed by atoms with van der Waals surface area (Å²) in [5.41, 5.74) is 6.32. The number of ether oxygens (including phenoxy) is 1. The monoisotopic (exact) mass is 300 g/mol. The third-order valence-electron chi connectivity index (χ3n) is 3.24. The summed E-state index contributed by atoms with van der Waals surface area (Å²) in [7, 11) is 0. The Bertz CT molecular complexity index is 851. The molecule has 0 spiro atoms. The van der Waals surface area contributed by atoms with Crippen LogP contribution in [0.3, 0.4) is 0 Å². The van der Waals surface area contributed by atoms with Crippen molar-refractivity contribution in [1.82, 2.24) is 9.97 Å². The van der Waals surface area contributed by atoms with Gasteiger partial charge in [-0.2, -0.15) is 5.26 Å². The zero-order chi connectivity index (χ0) is 15.0. The first kappa shape index (κ1) is 13.2. The molecule has 0 amide bonds. The first-order chi connectivity index (χ1) is 10.1. The maximum Gasteiger partial charge on any atom is 0.258 e. The van der Waals surface area contributed by atoms with Crippen LogP contribution in [-0.4, -0.2) is 9.97 Å². The average molecular weight is 301 g/mol. The molecule has 0 saturated heterocycles. The van der Waals surface area contributed by atoms with Gasteiger partial charge < -0.3 is 15.5 Å². The number of rotatable bonds is 1. The Morgan fingerprint density at radius 3 is 2.90 bits per heavy atom. The van der Waals surface area contributed by atoms with Crippen LogP contribution in [0.4, 0.5) is 0 Å². The molecule has 2 heterocycles. The van der Waals surface area contributed by atoms with E-state index >= 15 is 0 Å². The van der Waals surface area contributed by atoms with Gasteiger partial charge in [0.15, 0.2) is 0 Å². The maximum atomic E-state index is 12.1. The van der Waals surface area contributed by atoms with Crippen LogP contribution in [0.1, 0.15) is 17.0 Å². The second-order valence-corrected chi connectivity index (χ2v) is 4.80. The molecule has 3 rings (SSSR count). The highest BCUT2D eigenvalue weighted by Gasteiger charge is 2.34. The molecule has 1 atom stereocenters. The number of nitrogens with two attached hydrogens (primary N) is 1. The number of aromatic nitrogens is 2. The van der Waals surface area contributed by atoms with Crippen molar-refractivity contribution < 1.29 is 4.74 Å². The highest BCUT2D eigenvalue weighted by molar-refractivity contribution is 6.31. The van der Waals surface area contributed by atoms with Crippen molar-refractivity contribution in [2.45, 2.75) is 5.92 Å². The number of nitriles is 1. The zero-order valence-electron chi connectivity index (χ0n) is 10.6. The molecule has 0 bridgehead atoms. The number of hydrogen-bond acceptors (Lipinski definition) is 5. The molecule has 6 nitrogen and oxygen atoms in total. The van der Waals surface area contributed by atoms with Crippen LogP contribution in [0.15, 0.2) is 46.8 Å². The van der Waals surface area contributed by atoms with E-state index in [4.69, 9.17) is 22.1 Å². The average Bonchev–Trinajstić information content (AvgIpc) is 2.47. The molecular formula is C14H9ClN4O2. The minimum Gasteiger partial charge on any atom is -0.422 e. The lowest BCUT2D eigenvalue weighted by Gasteiger charge is -2.24. The number of nitrogens with one attached hydrogen (secondary N) is 1. The van der Waals surface area contributed by atoms with Crippen molar-refractivity contribution in [3.05, 3.63) is 68.6 Å². The summed E-state index contributed by atoms with van der Waals surface area (Å²) >= 11 is 6.20. The summed E-state index contributed by atoms with van der Waals surface area (Å²) in [6.45, 7) is 0. The van der Waals surface area contributed by atoms with Gasteiger partial charge in [0.25, 0.3) is 5.56 Å². The van der Waals surface area contributed by atoms with E-state index in [0.29, 0.717) is 10.6 Å². The molecule has 104 valence electrons. The molecular weight excluding hydrogens is 292 g/mol. The Labute approximate surface area is 124 Å². The van der Waals surface area contributed by atoms with Crippen LogP contribution in [0, 0.1) is 11.3 Å². The van der Waals surface area contributed by atoms with Crippen LogP contribution in [-0.2, 0) is 0 Å². The van der Waals surface area contributed by atoms with E-state index < -0.39 is 11.5 Å². The lowest BCUT2D eigenvalue weighted by Crippen LogP contribution is -2.28. The van der Waals surface area contributed by atoms with Gasteiger partial charge in [-0.15, -0.1) is 0 Å². The van der Waals surface area contributed by atoms with E-state index in [9.17, 15) is 10.1 Å². The number of allylic oxidation sites excluding steroid dienone is 1. The van der Waals surface area contributed by atoms with E-state index in [1.807, 2.05) is 6.07 Å². The number of halogens is 1.